The van der Waals surface area contributed by atoms with Gasteiger partial charge in [0, 0.05) is 35.8 Å². The van der Waals surface area contributed by atoms with Crippen LogP contribution in [0.4, 0.5) is 11.6 Å². The number of aromatic carboxylic acids is 1. The number of aromatic nitrogens is 2. The van der Waals surface area contributed by atoms with Gasteiger partial charge in [0.05, 0.1) is 27.6 Å². The molecule has 2 unspecified atom stereocenters. The van der Waals surface area contributed by atoms with Crippen LogP contribution in [-0.2, 0) is 0 Å². The Bertz CT molecular complexity index is 2030. The molecule has 1 saturated heterocycles. The molecule has 2 aromatic carbocycles. The Morgan fingerprint density at radius 2 is 1.62 bits per heavy atom. The first kappa shape index (κ1) is 46.4. The molecule has 324 valence electrons. The number of aryl methyl sites for hydroxylation is 2. The van der Waals surface area contributed by atoms with Gasteiger partial charge in [0.15, 0.2) is 0 Å². The summed E-state index contributed by atoms with van der Waals surface area (Å²) in [6.07, 6.45) is 21.4. The Morgan fingerprint density at radius 1 is 0.950 bits per heavy atom. The van der Waals surface area contributed by atoms with Crippen LogP contribution >= 0.6 is 0 Å². The second kappa shape index (κ2) is 21.2. The Balaban J connectivity index is 0.00000161. The average molecular weight is 822 g/mol. The zero-order valence-corrected chi connectivity index (χ0v) is 37.2. The Hall–Kier alpha value is -4.68. The van der Waals surface area contributed by atoms with Crippen LogP contribution in [0.15, 0.2) is 88.6 Å². The van der Waals surface area contributed by atoms with Gasteiger partial charge < -0.3 is 15.2 Å². The van der Waals surface area contributed by atoms with Gasteiger partial charge in [0.25, 0.3) is 5.95 Å². The second-order valence-electron chi connectivity index (χ2n) is 17.7. The van der Waals surface area contributed by atoms with Gasteiger partial charge in [0.2, 0.25) is 11.6 Å². The summed E-state index contributed by atoms with van der Waals surface area (Å²) >= 11 is 0. The van der Waals surface area contributed by atoms with Gasteiger partial charge in [-0.2, -0.15) is 4.98 Å². The van der Waals surface area contributed by atoms with E-state index in [9.17, 15) is 20.3 Å². The maximum absolute atomic E-state index is 11.6. The van der Waals surface area contributed by atoms with E-state index in [1.54, 1.807) is 6.07 Å². The lowest BCUT2D eigenvalue weighted by molar-refractivity contribution is -0.273. The molecule has 11 heteroatoms. The van der Waals surface area contributed by atoms with Gasteiger partial charge >= 0.3 is 5.97 Å². The second-order valence-corrected chi connectivity index (χ2v) is 17.7. The number of anilines is 1. The third-order valence-electron chi connectivity index (χ3n) is 11.8. The number of ether oxygens (including phenoxy) is 1. The third kappa shape index (κ3) is 12.7. The molecule has 0 radical (unpaired) electrons. The monoisotopic (exact) mass is 822 g/mol. The van der Waals surface area contributed by atoms with E-state index in [1.807, 2.05) is 32.0 Å². The molecule has 60 heavy (non-hydrogen) atoms. The molecule has 2 saturated carbocycles. The van der Waals surface area contributed by atoms with Crippen molar-refractivity contribution in [1.29, 1.82) is 0 Å². The summed E-state index contributed by atoms with van der Waals surface area (Å²) in [5, 5.41) is 35.5. The number of benzene rings is 2. The predicted molar refractivity (Wildman–Crippen MR) is 243 cm³/mol. The number of carboxylic acid groups (broad SMARTS) is 1. The number of nitrogens with one attached hydrogen (secondary N) is 2. The molecule has 3 aliphatic rings. The number of quaternary nitrogens is 1. The third-order valence-corrected chi connectivity index (χ3v) is 11.8. The van der Waals surface area contributed by atoms with Crippen LogP contribution in [0, 0.1) is 25.2 Å². The molecule has 0 amide bonds. The molecule has 0 spiro atoms. The summed E-state index contributed by atoms with van der Waals surface area (Å²) in [7, 11) is 0. The average Bonchev–Trinajstić information content (AvgIpc) is 3.39. The number of carboxylic acids is 1. The summed E-state index contributed by atoms with van der Waals surface area (Å²) in [6, 6.07) is 13.1. The van der Waals surface area contributed by atoms with Gasteiger partial charge in [-0.15, -0.1) is 15.8 Å². The molecule has 1 aromatic heterocycles. The van der Waals surface area contributed by atoms with Crippen LogP contribution in [0.1, 0.15) is 140 Å². The zero-order chi connectivity index (χ0) is 43.5. The largest absolute Gasteiger partial charge is 0.478 e. The highest BCUT2D eigenvalue weighted by molar-refractivity contribution is 6.09. The number of carbonyl (C=O) groups is 1. The molecule has 3 fully saturated rings. The lowest BCUT2D eigenvalue weighted by Crippen LogP contribution is -2.48. The van der Waals surface area contributed by atoms with E-state index in [4.69, 9.17) is 9.73 Å². The number of hydrogen-bond donors (Lipinski definition) is 5. The number of rotatable bonds is 14. The minimum atomic E-state index is -1.88. The molecular formula is C49H69N6O5+. The van der Waals surface area contributed by atoms with Gasteiger partial charge in [-0.1, -0.05) is 115 Å². The molecular weight excluding hydrogens is 753 g/mol. The lowest BCUT2D eigenvalue weighted by Gasteiger charge is -2.36. The van der Waals surface area contributed by atoms with Gasteiger partial charge in [0.1, 0.15) is 6.61 Å². The van der Waals surface area contributed by atoms with E-state index in [-0.39, 0.29) is 40.6 Å². The van der Waals surface area contributed by atoms with E-state index in [0.29, 0.717) is 18.2 Å². The standard InChI is InChI=1S/C45H60N6O5.C4H8/c1-9-16-29(3)39(26-36(45(6,7)8)32-19-14-20-32)47-37(10-2)38-24-12-11-22-34(46-38)28-56-41-27-40(42-30(4)17-13-18-31(42)5)48-44(49-41)50-51(54,55)35-23-15-21-33(25-35)43(52)53;1-2-4-3-1/h10,13,15-18,21,23,25-27,32,34,38,46,54-55H,9,11-12,14,19-20,22,24,28H2,1-8H3,(H-,48,49,50,52,53);1-4H2/p+1/b29-16-,36-26?,37-10-,47-39?;. The summed E-state index contributed by atoms with van der Waals surface area (Å²) in [5.41, 5.74) is 10.5. The van der Waals surface area contributed by atoms with Gasteiger partial charge in [-0.3, -0.25) is 4.99 Å². The fourth-order valence-corrected chi connectivity index (χ4v) is 7.86. The Kier molecular flexibility index (Phi) is 16.4. The van der Waals surface area contributed by atoms with Crippen molar-refractivity contribution in [1.82, 2.24) is 20.2 Å². The van der Waals surface area contributed by atoms with Crippen molar-refractivity contribution in [2.45, 2.75) is 145 Å². The minimum absolute atomic E-state index is 0.00151. The van der Waals surface area contributed by atoms with E-state index < -0.39 is 10.9 Å². The SMILES string of the molecule is C/C=C(N=C(C=C(C1CCC1)C(C)(C)C)/C(C)=C\CC)/C1CCCCC(COc2cc(-c3c(C)cccc3C)nc(N[N+](O)(O)c3cccc(C(=O)O)c3)n2)N1.C1CCC1. The highest BCUT2D eigenvalue weighted by atomic mass is 16.9. The topological polar surface area (TPSA) is 149 Å². The highest BCUT2D eigenvalue weighted by Gasteiger charge is 2.32. The molecule has 6 rings (SSSR count). The molecule has 5 N–H and O–H groups in total. The van der Waals surface area contributed by atoms with Crippen LogP contribution in [0.5, 0.6) is 5.88 Å². The van der Waals surface area contributed by atoms with Crippen LogP contribution in [-0.4, -0.2) is 55.9 Å². The maximum atomic E-state index is 11.6. The maximum Gasteiger partial charge on any atom is 0.335 e. The first-order valence-electron chi connectivity index (χ1n) is 22.0. The van der Waals surface area contributed by atoms with Crippen molar-refractivity contribution in [3.05, 3.63) is 100 Å². The molecule has 2 aliphatic carbocycles. The van der Waals surface area contributed by atoms with Crippen LogP contribution in [0.3, 0.4) is 0 Å². The van der Waals surface area contributed by atoms with Crippen molar-refractivity contribution in [2.75, 3.05) is 12.0 Å². The van der Waals surface area contributed by atoms with Crippen molar-refractivity contribution in [3.8, 4) is 17.1 Å². The van der Waals surface area contributed by atoms with E-state index in [1.165, 1.54) is 74.3 Å². The molecule has 1 aliphatic heterocycles. The van der Waals surface area contributed by atoms with Crippen LogP contribution in [0.2, 0.25) is 0 Å². The summed E-state index contributed by atoms with van der Waals surface area (Å²) in [5.74, 6) is -0.444. The van der Waals surface area contributed by atoms with Gasteiger partial charge in [-0.05, 0) is 100.0 Å². The van der Waals surface area contributed by atoms with E-state index in [0.717, 1.165) is 66.3 Å². The predicted octanol–water partition coefficient (Wildman–Crippen LogP) is 11.9. The number of allylic oxidation sites excluding steroid dienone is 5. The van der Waals surface area contributed by atoms with Crippen LogP contribution < -0.4 is 20.4 Å². The molecule has 11 nitrogen and oxygen atoms in total. The zero-order valence-electron chi connectivity index (χ0n) is 37.2. The minimum Gasteiger partial charge on any atom is -0.478 e. The highest BCUT2D eigenvalue weighted by Crippen LogP contribution is 2.42. The van der Waals surface area contributed by atoms with Crippen molar-refractivity contribution < 1.29 is 25.1 Å². The van der Waals surface area contributed by atoms with Crippen LogP contribution in [0.25, 0.3) is 11.3 Å². The summed E-state index contributed by atoms with van der Waals surface area (Å²) in [6.45, 7) is 17.6. The number of aliphatic imine (C=N–C) groups is 1. The fourth-order valence-electron chi connectivity index (χ4n) is 7.86. The van der Waals surface area contributed by atoms with E-state index >= 15 is 0 Å². The molecule has 2 heterocycles. The first-order valence-corrected chi connectivity index (χ1v) is 22.0. The van der Waals surface area contributed by atoms with E-state index in [2.05, 4.69) is 80.5 Å². The van der Waals surface area contributed by atoms with Crippen molar-refractivity contribution in [3.63, 3.8) is 0 Å². The summed E-state index contributed by atoms with van der Waals surface area (Å²) < 4.78 is 6.43. The molecule has 3 aromatic rings. The summed E-state index contributed by atoms with van der Waals surface area (Å²) in [4.78, 5) is 24.3. The smallest absolute Gasteiger partial charge is 0.335 e. The number of hydrogen-bond acceptors (Lipinski definition) is 9. The Labute approximate surface area is 357 Å². The fraction of sp³-hybridized carbons (Fsp3) is 0.510. The van der Waals surface area contributed by atoms with Gasteiger partial charge in [-0.25, -0.2) is 9.78 Å². The normalized spacial score (nSPS) is 19.6. The molecule has 0 bridgehead atoms. The lowest BCUT2D eigenvalue weighted by atomic mass is 9.69. The first-order chi connectivity index (χ1) is 28.6. The Morgan fingerprint density at radius 3 is 2.20 bits per heavy atom. The molecule has 2 atom stereocenters. The van der Waals surface area contributed by atoms with Crippen molar-refractivity contribution in [2.24, 2.45) is 16.3 Å². The quantitative estimate of drug-likeness (QED) is 0.0608. The van der Waals surface area contributed by atoms with Crippen molar-refractivity contribution >= 4 is 23.3 Å². The number of nitrogens with zero attached hydrogens (tertiary/aromatic N) is 4.